The van der Waals surface area contributed by atoms with Crippen molar-refractivity contribution >= 4 is 10.0 Å². The molecule has 0 unspecified atom stereocenters. The third-order valence-electron chi connectivity index (χ3n) is 5.01. The fourth-order valence-electron chi connectivity index (χ4n) is 3.79. The monoisotopic (exact) mass is 340 g/mol. The second-order valence-electron chi connectivity index (χ2n) is 6.86. The lowest BCUT2D eigenvalue weighted by Crippen LogP contribution is -2.45. The summed E-state index contributed by atoms with van der Waals surface area (Å²) in [5.41, 5.74) is 1.20. The third kappa shape index (κ3) is 3.95. The van der Waals surface area contributed by atoms with Gasteiger partial charge in [0.25, 0.3) is 0 Å². The van der Waals surface area contributed by atoms with Crippen molar-refractivity contribution in [2.45, 2.75) is 51.1 Å². The molecular formula is C16H28N4O2S. The van der Waals surface area contributed by atoms with Crippen LogP contribution in [0, 0.1) is 5.92 Å². The van der Waals surface area contributed by atoms with E-state index in [9.17, 15) is 8.42 Å². The van der Waals surface area contributed by atoms with E-state index < -0.39 is 10.0 Å². The number of piperidine rings is 1. The maximum Gasteiger partial charge on any atom is 0.211 e. The van der Waals surface area contributed by atoms with Gasteiger partial charge in [0.1, 0.15) is 0 Å². The van der Waals surface area contributed by atoms with Crippen LogP contribution in [0.1, 0.15) is 50.8 Å². The zero-order valence-corrected chi connectivity index (χ0v) is 14.9. The highest BCUT2D eigenvalue weighted by molar-refractivity contribution is 7.89. The van der Waals surface area contributed by atoms with Gasteiger partial charge in [0.2, 0.25) is 10.0 Å². The molecule has 0 bridgehead atoms. The molecule has 130 valence electrons. The Labute approximate surface area is 139 Å². The summed E-state index contributed by atoms with van der Waals surface area (Å²) in [7, 11) is -1.17. The van der Waals surface area contributed by atoms with Crippen molar-refractivity contribution in [2.75, 3.05) is 18.8 Å². The highest BCUT2D eigenvalue weighted by Crippen LogP contribution is 2.42. The Hall–Kier alpha value is -0.920. The lowest BCUT2D eigenvalue weighted by molar-refractivity contribution is 0.0805. The highest BCUT2D eigenvalue weighted by atomic mass is 32.2. The third-order valence-corrected chi connectivity index (χ3v) is 6.56. The Bertz CT molecular complexity index is 624. The Morgan fingerprint density at radius 3 is 2.74 bits per heavy atom. The summed E-state index contributed by atoms with van der Waals surface area (Å²) in [6, 6.07) is 3.02. The molecule has 23 heavy (non-hydrogen) atoms. The van der Waals surface area contributed by atoms with Crippen molar-refractivity contribution in [1.29, 1.82) is 0 Å². The number of sulfonamides is 1. The first-order chi connectivity index (χ1) is 11.0. The maximum absolute atomic E-state index is 12.0. The average molecular weight is 340 g/mol. The van der Waals surface area contributed by atoms with E-state index in [2.05, 4.69) is 20.8 Å². The molecule has 1 N–H and O–H groups in total. The van der Waals surface area contributed by atoms with Gasteiger partial charge in [-0.2, -0.15) is 5.10 Å². The molecule has 2 aliphatic rings. The van der Waals surface area contributed by atoms with Crippen LogP contribution in [0.3, 0.4) is 0 Å². The van der Waals surface area contributed by atoms with Gasteiger partial charge in [-0.15, -0.1) is 0 Å². The van der Waals surface area contributed by atoms with E-state index in [4.69, 9.17) is 0 Å². The summed E-state index contributed by atoms with van der Waals surface area (Å²) in [5.74, 6) is 0.522. The van der Waals surface area contributed by atoms with Crippen molar-refractivity contribution in [1.82, 2.24) is 19.4 Å². The van der Waals surface area contributed by atoms with Crippen LogP contribution in [0.25, 0.3) is 0 Å². The minimum absolute atomic E-state index is 0.211. The van der Waals surface area contributed by atoms with Gasteiger partial charge in [0.15, 0.2) is 0 Å². The SMILES string of the molecule is CCCS(=O)(=O)NC[C@@H]1CCCN(C2CC2)[C@H]1c1ccnn1C. The Kier molecular flexibility index (Phi) is 5.08. The van der Waals surface area contributed by atoms with Crippen LogP contribution in [-0.2, 0) is 17.1 Å². The topological polar surface area (TPSA) is 67.2 Å². The maximum atomic E-state index is 12.0. The molecule has 3 rings (SSSR count). The summed E-state index contributed by atoms with van der Waals surface area (Å²) in [5, 5.41) is 4.33. The molecule has 0 aromatic carbocycles. The molecule has 2 atom stereocenters. The van der Waals surface area contributed by atoms with Crippen molar-refractivity contribution in [3.8, 4) is 0 Å². The molecule has 6 nitrogen and oxygen atoms in total. The first-order valence-corrected chi connectivity index (χ1v) is 10.4. The van der Waals surface area contributed by atoms with Crippen molar-refractivity contribution in [3.05, 3.63) is 18.0 Å². The second-order valence-corrected chi connectivity index (χ2v) is 8.79. The van der Waals surface area contributed by atoms with Gasteiger partial charge < -0.3 is 0 Å². The molecule has 1 aliphatic heterocycles. The second kappa shape index (κ2) is 6.91. The van der Waals surface area contributed by atoms with Crippen LogP contribution >= 0.6 is 0 Å². The number of nitrogens with one attached hydrogen (secondary N) is 1. The first-order valence-electron chi connectivity index (χ1n) is 8.73. The number of hydrogen-bond acceptors (Lipinski definition) is 4. The highest BCUT2D eigenvalue weighted by Gasteiger charge is 2.41. The minimum atomic E-state index is -3.15. The van der Waals surface area contributed by atoms with Gasteiger partial charge in [-0.3, -0.25) is 9.58 Å². The molecule has 1 aromatic heterocycles. The van der Waals surface area contributed by atoms with Crippen molar-refractivity contribution in [2.24, 2.45) is 13.0 Å². The number of rotatable bonds is 7. The molecule has 7 heteroatoms. The van der Waals surface area contributed by atoms with Crippen LogP contribution in [0.15, 0.2) is 12.3 Å². The number of aromatic nitrogens is 2. The van der Waals surface area contributed by atoms with E-state index in [1.165, 1.54) is 18.5 Å². The summed E-state index contributed by atoms with van der Waals surface area (Å²) in [6.07, 6.45) is 7.23. The van der Waals surface area contributed by atoms with E-state index in [0.29, 0.717) is 24.9 Å². The predicted octanol–water partition coefficient (Wildman–Crippen LogP) is 1.66. The number of hydrogen-bond donors (Lipinski definition) is 1. The van der Waals surface area contributed by atoms with Crippen LogP contribution in [0.2, 0.25) is 0 Å². The lowest BCUT2D eigenvalue weighted by atomic mass is 9.87. The zero-order valence-electron chi connectivity index (χ0n) is 14.1. The Morgan fingerprint density at radius 2 is 2.13 bits per heavy atom. The lowest BCUT2D eigenvalue weighted by Gasteiger charge is -2.41. The molecule has 1 saturated carbocycles. The smallest absolute Gasteiger partial charge is 0.211 e. The quantitative estimate of drug-likeness (QED) is 0.820. The van der Waals surface area contributed by atoms with Crippen LogP contribution in [0.4, 0.5) is 0 Å². The van der Waals surface area contributed by atoms with E-state index in [0.717, 1.165) is 19.4 Å². The summed E-state index contributed by atoms with van der Waals surface area (Å²) >= 11 is 0. The molecule has 1 aliphatic carbocycles. The van der Waals surface area contributed by atoms with E-state index in [1.54, 1.807) is 0 Å². The van der Waals surface area contributed by atoms with E-state index in [-0.39, 0.29) is 11.8 Å². The van der Waals surface area contributed by atoms with Crippen molar-refractivity contribution in [3.63, 3.8) is 0 Å². The van der Waals surface area contributed by atoms with Crippen LogP contribution in [0.5, 0.6) is 0 Å². The van der Waals surface area contributed by atoms with Gasteiger partial charge in [0, 0.05) is 25.8 Å². The van der Waals surface area contributed by atoms with Gasteiger partial charge in [-0.05, 0) is 50.6 Å². The van der Waals surface area contributed by atoms with Crippen molar-refractivity contribution < 1.29 is 8.42 Å². The van der Waals surface area contributed by atoms with Gasteiger partial charge >= 0.3 is 0 Å². The fourth-order valence-corrected chi connectivity index (χ4v) is 4.94. The molecule has 1 saturated heterocycles. The summed E-state index contributed by atoms with van der Waals surface area (Å²) < 4.78 is 28.8. The number of likely N-dealkylation sites (tertiary alicyclic amines) is 1. The van der Waals surface area contributed by atoms with Gasteiger partial charge in [-0.25, -0.2) is 13.1 Å². The zero-order chi connectivity index (χ0) is 16.4. The van der Waals surface area contributed by atoms with Gasteiger partial charge in [0.05, 0.1) is 17.5 Å². The molecular weight excluding hydrogens is 312 g/mol. The van der Waals surface area contributed by atoms with E-state index in [1.807, 2.05) is 24.9 Å². The van der Waals surface area contributed by atoms with Crippen LogP contribution in [-0.4, -0.2) is 48.0 Å². The van der Waals surface area contributed by atoms with E-state index >= 15 is 0 Å². The number of aryl methyl sites for hydroxylation is 1. The summed E-state index contributed by atoms with van der Waals surface area (Å²) in [4.78, 5) is 2.58. The summed E-state index contributed by atoms with van der Waals surface area (Å²) in [6.45, 7) is 3.53. The van der Waals surface area contributed by atoms with Gasteiger partial charge in [-0.1, -0.05) is 6.92 Å². The normalized spacial score (nSPS) is 26.5. The average Bonchev–Trinajstić information content (AvgIpc) is 3.27. The molecule has 0 spiro atoms. The largest absolute Gasteiger partial charge is 0.292 e. The molecule has 0 amide bonds. The Morgan fingerprint density at radius 1 is 1.35 bits per heavy atom. The Balaban J connectivity index is 1.77. The minimum Gasteiger partial charge on any atom is -0.292 e. The fraction of sp³-hybridized carbons (Fsp3) is 0.812. The molecule has 0 radical (unpaired) electrons. The van der Waals surface area contributed by atoms with Crippen LogP contribution < -0.4 is 4.72 Å². The molecule has 2 heterocycles. The standard InChI is InChI=1S/C16H28N4O2S/c1-3-11-23(21,22)18-12-13-5-4-10-20(14-6-7-14)16(13)15-8-9-17-19(15)2/h8-9,13-14,16,18H,3-7,10-12H2,1-2H3/t13-,16+/m0/s1. The molecule has 2 fully saturated rings. The molecule has 1 aromatic rings. The predicted molar refractivity (Wildman–Crippen MR) is 90.5 cm³/mol. The number of nitrogens with zero attached hydrogens (tertiary/aromatic N) is 3. The first kappa shape index (κ1) is 16.9.